The highest BCUT2D eigenvalue weighted by atomic mass is 19.1. The van der Waals surface area contributed by atoms with Gasteiger partial charge in [0, 0.05) is 18.4 Å². The Balaban J connectivity index is 3.10. The molecule has 0 aliphatic heterocycles. The molecule has 0 radical (unpaired) electrons. The minimum absolute atomic E-state index is 0.123. The van der Waals surface area contributed by atoms with Crippen LogP contribution in [0.4, 0.5) is 10.1 Å². The summed E-state index contributed by atoms with van der Waals surface area (Å²) in [4.78, 5) is 12.4. The first-order chi connectivity index (χ1) is 10.8. The van der Waals surface area contributed by atoms with Crippen LogP contribution in [-0.4, -0.2) is 18.7 Å². The molecule has 0 saturated carbocycles. The van der Waals surface area contributed by atoms with Crippen molar-refractivity contribution in [1.29, 1.82) is 5.41 Å². The number of amides is 1. The van der Waals surface area contributed by atoms with Gasteiger partial charge in [0.05, 0.1) is 0 Å². The molecular weight excluding hydrogens is 293 g/mol. The number of benzene rings is 1. The lowest BCUT2D eigenvalue weighted by molar-refractivity contribution is -0.112. The molecule has 0 saturated heterocycles. The second-order valence-corrected chi connectivity index (χ2v) is 6.14. The van der Waals surface area contributed by atoms with Gasteiger partial charge < -0.3 is 16.0 Å². The summed E-state index contributed by atoms with van der Waals surface area (Å²) in [6.45, 7) is 7.80. The SMILES string of the molecule is CN/C(F)=C(\C(C)=N)C(=O)Nc1ccccc1C(C)CC(C)C. The maximum absolute atomic E-state index is 13.8. The number of halogens is 1. The largest absolute Gasteiger partial charge is 0.364 e. The number of rotatable bonds is 7. The fraction of sp³-hybridized carbons (Fsp3) is 0.444. The third-order valence-electron chi connectivity index (χ3n) is 3.61. The fourth-order valence-electron chi connectivity index (χ4n) is 2.62. The van der Waals surface area contributed by atoms with E-state index in [-0.39, 0.29) is 17.2 Å². The van der Waals surface area contributed by atoms with Gasteiger partial charge in [0.15, 0.2) is 0 Å². The normalized spacial score (nSPS) is 13.3. The van der Waals surface area contributed by atoms with Gasteiger partial charge in [-0.2, -0.15) is 4.39 Å². The minimum atomic E-state index is -0.803. The van der Waals surface area contributed by atoms with Crippen LogP contribution in [0.15, 0.2) is 35.8 Å². The summed E-state index contributed by atoms with van der Waals surface area (Å²) in [5.41, 5.74) is 1.27. The van der Waals surface area contributed by atoms with E-state index in [0.29, 0.717) is 11.6 Å². The van der Waals surface area contributed by atoms with E-state index in [0.717, 1.165) is 12.0 Å². The molecule has 1 atom stereocenters. The Hall–Kier alpha value is -2.17. The van der Waals surface area contributed by atoms with Crippen LogP contribution in [0.3, 0.4) is 0 Å². The van der Waals surface area contributed by atoms with Gasteiger partial charge in [-0.1, -0.05) is 39.0 Å². The van der Waals surface area contributed by atoms with Gasteiger partial charge in [-0.25, -0.2) is 0 Å². The van der Waals surface area contributed by atoms with Crippen LogP contribution >= 0.6 is 0 Å². The zero-order valence-electron chi connectivity index (χ0n) is 14.5. The lowest BCUT2D eigenvalue weighted by Gasteiger charge is -2.19. The predicted octanol–water partition coefficient (Wildman–Crippen LogP) is 4.21. The molecule has 1 amide bonds. The summed E-state index contributed by atoms with van der Waals surface area (Å²) in [5, 5.41) is 12.6. The van der Waals surface area contributed by atoms with Crippen molar-refractivity contribution in [2.75, 3.05) is 12.4 Å². The first-order valence-corrected chi connectivity index (χ1v) is 7.81. The Morgan fingerprint density at radius 3 is 2.39 bits per heavy atom. The average molecular weight is 319 g/mol. The molecule has 0 aromatic heterocycles. The molecule has 126 valence electrons. The monoisotopic (exact) mass is 319 g/mol. The lowest BCUT2D eigenvalue weighted by Crippen LogP contribution is -2.23. The van der Waals surface area contributed by atoms with Gasteiger partial charge in [0.2, 0.25) is 5.95 Å². The number of nitrogens with one attached hydrogen (secondary N) is 3. The maximum atomic E-state index is 13.8. The van der Waals surface area contributed by atoms with Crippen molar-refractivity contribution in [2.24, 2.45) is 5.92 Å². The minimum Gasteiger partial charge on any atom is -0.364 e. The summed E-state index contributed by atoms with van der Waals surface area (Å²) >= 11 is 0. The van der Waals surface area contributed by atoms with E-state index < -0.39 is 11.9 Å². The molecule has 0 heterocycles. The van der Waals surface area contributed by atoms with Crippen LogP contribution in [-0.2, 0) is 4.79 Å². The van der Waals surface area contributed by atoms with Gasteiger partial charge in [0.25, 0.3) is 5.91 Å². The van der Waals surface area contributed by atoms with E-state index >= 15 is 0 Å². The van der Waals surface area contributed by atoms with E-state index in [1.807, 2.05) is 18.2 Å². The smallest absolute Gasteiger partial charge is 0.262 e. The van der Waals surface area contributed by atoms with Gasteiger partial charge in [-0.05, 0) is 36.8 Å². The summed E-state index contributed by atoms with van der Waals surface area (Å²) in [6, 6.07) is 7.53. The van der Waals surface area contributed by atoms with Crippen molar-refractivity contribution in [3.8, 4) is 0 Å². The lowest BCUT2D eigenvalue weighted by atomic mass is 9.91. The van der Waals surface area contributed by atoms with E-state index in [9.17, 15) is 9.18 Å². The van der Waals surface area contributed by atoms with E-state index in [1.165, 1.54) is 14.0 Å². The first kappa shape index (κ1) is 18.9. The maximum Gasteiger partial charge on any atom is 0.262 e. The van der Waals surface area contributed by atoms with Crippen LogP contribution < -0.4 is 10.6 Å². The number of hydrogen-bond acceptors (Lipinski definition) is 3. The highest BCUT2D eigenvalue weighted by Gasteiger charge is 2.20. The summed E-state index contributed by atoms with van der Waals surface area (Å²) < 4.78 is 13.8. The number of carbonyl (C=O) groups excluding carboxylic acids is 1. The highest BCUT2D eigenvalue weighted by molar-refractivity contribution is 6.24. The third-order valence-corrected chi connectivity index (χ3v) is 3.61. The molecule has 5 heteroatoms. The predicted molar refractivity (Wildman–Crippen MR) is 93.5 cm³/mol. The van der Waals surface area contributed by atoms with Crippen LogP contribution in [0.2, 0.25) is 0 Å². The average Bonchev–Trinajstić information content (AvgIpc) is 2.46. The zero-order chi connectivity index (χ0) is 17.6. The Morgan fingerprint density at radius 2 is 1.87 bits per heavy atom. The Bertz CT molecular complexity index is 608. The van der Waals surface area contributed by atoms with Crippen LogP contribution in [0.1, 0.15) is 45.6 Å². The van der Waals surface area contributed by atoms with Crippen molar-refractivity contribution in [1.82, 2.24) is 5.32 Å². The quantitative estimate of drug-likeness (QED) is 0.400. The van der Waals surface area contributed by atoms with Crippen molar-refractivity contribution < 1.29 is 9.18 Å². The summed E-state index contributed by atoms with van der Waals surface area (Å²) in [5.74, 6) is -0.611. The molecule has 0 aliphatic rings. The molecule has 0 aliphatic carbocycles. The molecule has 0 bridgehead atoms. The Morgan fingerprint density at radius 1 is 1.26 bits per heavy atom. The number of para-hydroxylation sites is 1. The van der Waals surface area contributed by atoms with Crippen LogP contribution in [0.25, 0.3) is 0 Å². The molecule has 1 aromatic rings. The second kappa shape index (κ2) is 8.46. The van der Waals surface area contributed by atoms with Crippen molar-refractivity contribution in [2.45, 2.75) is 40.0 Å². The van der Waals surface area contributed by atoms with Crippen molar-refractivity contribution in [3.05, 3.63) is 41.4 Å². The van der Waals surface area contributed by atoms with E-state index in [4.69, 9.17) is 5.41 Å². The second-order valence-electron chi connectivity index (χ2n) is 6.14. The zero-order valence-corrected chi connectivity index (χ0v) is 14.5. The van der Waals surface area contributed by atoms with Gasteiger partial charge >= 0.3 is 0 Å². The van der Waals surface area contributed by atoms with Crippen LogP contribution in [0.5, 0.6) is 0 Å². The summed E-state index contributed by atoms with van der Waals surface area (Å²) in [7, 11) is 1.38. The number of anilines is 1. The molecule has 1 aromatic carbocycles. The highest BCUT2D eigenvalue weighted by Crippen LogP contribution is 2.29. The topological polar surface area (TPSA) is 65.0 Å². The standard InChI is InChI=1S/C18H26FN3O/c1-11(2)10-12(3)14-8-6-7-9-15(14)22-18(23)16(13(4)20)17(19)21-5/h6-9,11-12,20-21H,10H2,1-5H3,(H,22,23)/b17-16+,20-13?. The number of carbonyl (C=O) groups is 1. The van der Waals surface area contributed by atoms with Gasteiger partial charge in [-0.3, -0.25) is 4.79 Å². The molecule has 23 heavy (non-hydrogen) atoms. The molecule has 0 spiro atoms. The molecule has 4 nitrogen and oxygen atoms in total. The fourth-order valence-corrected chi connectivity index (χ4v) is 2.62. The molecule has 0 fully saturated rings. The molecule has 1 unspecified atom stereocenters. The van der Waals surface area contributed by atoms with Crippen molar-refractivity contribution in [3.63, 3.8) is 0 Å². The molecular formula is C18H26FN3O. The summed E-state index contributed by atoms with van der Waals surface area (Å²) in [6.07, 6.45) is 0.990. The molecule has 3 N–H and O–H groups in total. The molecule has 1 rings (SSSR count). The Kier molecular flexibility index (Phi) is 6.94. The Labute approximate surface area is 137 Å². The van der Waals surface area contributed by atoms with Gasteiger partial charge in [0.1, 0.15) is 5.57 Å². The van der Waals surface area contributed by atoms with Gasteiger partial charge in [-0.15, -0.1) is 0 Å². The van der Waals surface area contributed by atoms with Crippen LogP contribution in [0, 0.1) is 11.3 Å². The van der Waals surface area contributed by atoms with E-state index in [1.54, 1.807) is 6.07 Å². The first-order valence-electron chi connectivity index (χ1n) is 7.81. The van der Waals surface area contributed by atoms with Crippen molar-refractivity contribution >= 4 is 17.3 Å². The van der Waals surface area contributed by atoms with E-state index in [2.05, 4.69) is 31.4 Å². The third kappa shape index (κ3) is 5.20. The number of hydrogen-bond donors (Lipinski definition) is 3.